The van der Waals surface area contributed by atoms with Gasteiger partial charge in [0.1, 0.15) is 0 Å². The van der Waals surface area contributed by atoms with E-state index >= 15 is 0 Å². The van der Waals surface area contributed by atoms with Gasteiger partial charge in [-0.25, -0.2) is 0 Å². The average molecular weight is 146 g/mol. The maximum absolute atomic E-state index is 4.15. The van der Waals surface area contributed by atoms with Gasteiger partial charge < -0.3 is 0 Å². The van der Waals surface area contributed by atoms with Crippen LogP contribution < -0.4 is 0 Å². The van der Waals surface area contributed by atoms with Gasteiger partial charge in [0, 0.05) is 5.25 Å². The van der Waals surface area contributed by atoms with Crippen molar-refractivity contribution in [2.75, 3.05) is 0 Å². The second-order valence-corrected chi connectivity index (χ2v) is 3.52. The van der Waals surface area contributed by atoms with Crippen molar-refractivity contribution < 1.29 is 0 Å². The Balaban J connectivity index is 2.27. The molecular weight excluding hydrogens is 136 g/mol. The third-order valence-corrected chi connectivity index (χ3v) is 2.99. The highest BCUT2D eigenvalue weighted by molar-refractivity contribution is 8.68. The van der Waals surface area contributed by atoms with Crippen LogP contribution in [0.4, 0.5) is 0 Å². The molecule has 2 heteroatoms. The number of hydrogen-bond donors (Lipinski definition) is 1. The topological polar surface area (TPSA) is 0 Å². The Labute approximate surface area is 59.5 Å². The van der Waals surface area contributed by atoms with Gasteiger partial charge in [-0.15, -0.1) is 11.7 Å². The predicted molar refractivity (Wildman–Crippen MR) is 43.4 cm³/mol. The molecule has 1 aliphatic rings. The van der Waals surface area contributed by atoms with Crippen molar-refractivity contribution in [3.63, 3.8) is 0 Å². The van der Waals surface area contributed by atoms with Crippen LogP contribution in [-0.2, 0) is 0 Å². The third-order valence-electron chi connectivity index (χ3n) is 1.37. The lowest BCUT2D eigenvalue weighted by Gasteiger charge is -2.12. The van der Waals surface area contributed by atoms with Gasteiger partial charge in [0.2, 0.25) is 0 Å². The summed E-state index contributed by atoms with van der Waals surface area (Å²) in [5, 5.41) is 0.781. The van der Waals surface area contributed by atoms with Crippen molar-refractivity contribution in [2.45, 2.75) is 24.5 Å². The van der Waals surface area contributed by atoms with Gasteiger partial charge in [0.25, 0.3) is 0 Å². The second-order valence-electron chi connectivity index (χ2n) is 2.01. The molecule has 0 aromatic carbocycles. The lowest BCUT2D eigenvalue weighted by Crippen LogP contribution is -2.00. The fraction of sp³-hybridized carbons (Fsp3) is 0.667. The van der Waals surface area contributed by atoms with Gasteiger partial charge in [-0.1, -0.05) is 22.9 Å². The van der Waals surface area contributed by atoms with Gasteiger partial charge in [0.05, 0.1) is 0 Å². The number of thiol groups is 1. The smallest absolute Gasteiger partial charge is 0.0186 e. The summed E-state index contributed by atoms with van der Waals surface area (Å²) in [4.78, 5) is 0. The zero-order valence-electron chi connectivity index (χ0n) is 4.71. The maximum Gasteiger partial charge on any atom is 0.0186 e. The molecule has 0 spiro atoms. The summed E-state index contributed by atoms with van der Waals surface area (Å²) < 4.78 is 0. The normalized spacial score (nSPS) is 28.4. The molecule has 0 saturated heterocycles. The zero-order chi connectivity index (χ0) is 5.82. The SMILES string of the molecule is SSC1CC=CCC1. The molecule has 0 aromatic rings. The standard InChI is InChI=1S/C6H10S2/c7-8-6-4-2-1-3-5-6/h1-2,6-7H,3-5H2. The van der Waals surface area contributed by atoms with E-state index in [4.69, 9.17) is 0 Å². The summed E-state index contributed by atoms with van der Waals surface area (Å²) in [6.07, 6.45) is 8.27. The number of allylic oxidation sites excluding steroid dienone is 2. The molecule has 0 amide bonds. The number of hydrogen-bond acceptors (Lipinski definition) is 2. The third kappa shape index (κ3) is 1.75. The maximum atomic E-state index is 4.15. The van der Waals surface area contributed by atoms with Gasteiger partial charge in [0.15, 0.2) is 0 Å². The van der Waals surface area contributed by atoms with Crippen LogP contribution in [0.15, 0.2) is 12.2 Å². The first kappa shape index (κ1) is 6.56. The fourth-order valence-electron chi connectivity index (χ4n) is 0.862. The van der Waals surface area contributed by atoms with Crippen molar-refractivity contribution in [1.29, 1.82) is 0 Å². The molecule has 0 fully saturated rings. The lowest BCUT2D eigenvalue weighted by molar-refractivity contribution is 0.752. The molecule has 8 heavy (non-hydrogen) atoms. The molecule has 0 N–H and O–H groups in total. The van der Waals surface area contributed by atoms with Crippen molar-refractivity contribution in [3.05, 3.63) is 12.2 Å². The quantitative estimate of drug-likeness (QED) is 0.337. The Hall–Kier alpha value is 0.440. The van der Waals surface area contributed by atoms with Crippen LogP contribution >= 0.6 is 22.5 Å². The first-order valence-corrected chi connectivity index (χ1v) is 4.82. The minimum Gasteiger partial charge on any atom is -0.111 e. The van der Waals surface area contributed by atoms with Crippen LogP contribution in [0.25, 0.3) is 0 Å². The Kier molecular flexibility index (Phi) is 2.84. The van der Waals surface area contributed by atoms with Crippen LogP contribution in [0.2, 0.25) is 0 Å². The van der Waals surface area contributed by atoms with Gasteiger partial charge in [-0.2, -0.15) is 0 Å². The molecule has 0 saturated carbocycles. The molecule has 1 rings (SSSR count). The van der Waals surface area contributed by atoms with Crippen molar-refractivity contribution in [1.82, 2.24) is 0 Å². The van der Waals surface area contributed by atoms with E-state index in [9.17, 15) is 0 Å². The minimum absolute atomic E-state index is 0.781. The summed E-state index contributed by atoms with van der Waals surface area (Å²) in [5.74, 6) is 0. The Morgan fingerprint density at radius 2 is 2.38 bits per heavy atom. The van der Waals surface area contributed by atoms with Crippen LogP contribution in [0.3, 0.4) is 0 Å². The van der Waals surface area contributed by atoms with E-state index in [0.29, 0.717) is 0 Å². The predicted octanol–water partition coefficient (Wildman–Crippen LogP) is 2.67. The Bertz CT molecular complexity index is 88.5. The minimum atomic E-state index is 0.781. The molecule has 1 atom stereocenters. The van der Waals surface area contributed by atoms with Gasteiger partial charge in [-0.3, -0.25) is 0 Å². The van der Waals surface area contributed by atoms with E-state index in [-0.39, 0.29) is 0 Å². The van der Waals surface area contributed by atoms with Crippen LogP contribution in [-0.4, -0.2) is 5.25 Å². The highest BCUT2D eigenvalue weighted by Crippen LogP contribution is 2.26. The first-order chi connectivity index (χ1) is 3.93. The molecule has 0 nitrogen and oxygen atoms in total. The van der Waals surface area contributed by atoms with Crippen molar-refractivity contribution >= 4 is 22.5 Å². The van der Waals surface area contributed by atoms with E-state index in [1.807, 2.05) is 0 Å². The van der Waals surface area contributed by atoms with E-state index in [1.54, 1.807) is 10.8 Å². The van der Waals surface area contributed by atoms with E-state index in [1.165, 1.54) is 19.3 Å². The molecule has 0 radical (unpaired) electrons. The number of rotatable bonds is 1. The summed E-state index contributed by atoms with van der Waals surface area (Å²) in [6, 6.07) is 0. The lowest BCUT2D eigenvalue weighted by atomic mass is 10.1. The summed E-state index contributed by atoms with van der Waals surface area (Å²) >= 11 is 4.15. The fourth-order valence-corrected chi connectivity index (χ4v) is 1.87. The second kappa shape index (κ2) is 3.46. The Morgan fingerprint density at radius 1 is 1.50 bits per heavy atom. The monoisotopic (exact) mass is 146 g/mol. The molecule has 0 aromatic heterocycles. The zero-order valence-corrected chi connectivity index (χ0v) is 6.42. The van der Waals surface area contributed by atoms with E-state index in [2.05, 4.69) is 23.8 Å². The van der Waals surface area contributed by atoms with Gasteiger partial charge >= 0.3 is 0 Å². The molecule has 0 bridgehead atoms. The summed E-state index contributed by atoms with van der Waals surface area (Å²) in [6.45, 7) is 0. The highest BCUT2D eigenvalue weighted by Gasteiger charge is 2.06. The van der Waals surface area contributed by atoms with E-state index < -0.39 is 0 Å². The Morgan fingerprint density at radius 3 is 2.75 bits per heavy atom. The van der Waals surface area contributed by atoms with Crippen molar-refractivity contribution in [2.24, 2.45) is 0 Å². The molecule has 46 valence electrons. The summed E-state index contributed by atoms with van der Waals surface area (Å²) in [5.41, 5.74) is 0. The van der Waals surface area contributed by atoms with Crippen molar-refractivity contribution in [3.8, 4) is 0 Å². The molecule has 1 aliphatic carbocycles. The van der Waals surface area contributed by atoms with Crippen LogP contribution in [0.1, 0.15) is 19.3 Å². The molecule has 0 aliphatic heterocycles. The molecular formula is C6H10S2. The highest BCUT2D eigenvalue weighted by atomic mass is 33.1. The molecule has 1 unspecified atom stereocenters. The van der Waals surface area contributed by atoms with Crippen LogP contribution in [0.5, 0.6) is 0 Å². The van der Waals surface area contributed by atoms with Gasteiger partial charge in [-0.05, 0) is 19.3 Å². The first-order valence-electron chi connectivity index (χ1n) is 2.88. The summed E-state index contributed by atoms with van der Waals surface area (Å²) in [7, 11) is 1.69. The average Bonchev–Trinajstić information content (AvgIpc) is 1.90. The van der Waals surface area contributed by atoms with Crippen LogP contribution in [0, 0.1) is 0 Å². The van der Waals surface area contributed by atoms with E-state index in [0.717, 1.165) is 5.25 Å². The largest absolute Gasteiger partial charge is 0.111 e. The molecule has 0 heterocycles.